The summed E-state index contributed by atoms with van der Waals surface area (Å²) in [6.07, 6.45) is 1.66. The molecule has 31 heavy (non-hydrogen) atoms. The zero-order valence-corrected chi connectivity index (χ0v) is 19.3. The average Bonchev–Trinajstić information content (AvgIpc) is 2.74. The van der Waals surface area contributed by atoms with Crippen molar-refractivity contribution in [3.05, 3.63) is 86.7 Å². The van der Waals surface area contributed by atoms with Gasteiger partial charge in [-0.05, 0) is 67.4 Å². The number of fused-ring (bicyclic) bond motifs is 1. The number of anilines is 1. The summed E-state index contributed by atoms with van der Waals surface area (Å²) in [6, 6.07) is 16.5. The number of thioether (sulfide) groups is 1. The van der Waals surface area contributed by atoms with E-state index in [1.54, 1.807) is 24.4 Å². The molecule has 2 aromatic heterocycles. The van der Waals surface area contributed by atoms with Crippen molar-refractivity contribution in [2.75, 3.05) is 11.1 Å². The largest absolute Gasteiger partial charge is 0.325 e. The van der Waals surface area contributed by atoms with Crippen LogP contribution in [0.25, 0.3) is 16.7 Å². The van der Waals surface area contributed by atoms with Crippen molar-refractivity contribution < 1.29 is 4.79 Å². The van der Waals surface area contributed by atoms with Gasteiger partial charge in [-0.1, -0.05) is 39.8 Å². The molecule has 6 nitrogen and oxygen atoms in total. The molecule has 8 heteroatoms. The van der Waals surface area contributed by atoms with Gasteiger partial charge in [-0.25, -0.2) is 14.5 Å². The molecule has 0 aliphatic carbocycles. The van der Waals surface area contributed by atoms with Gasteiger partial charge in [0.25, 0.3) is 5.56 Å². The summed E-state index contributed by atoms with van der Waals surface area (Å²) < 4.78 is 2.42. The minimum Gasteiger partial charge on any atom is -0.325 e. The molecule has 0 aliphatic rings. The lowest BCUT2D eigenvalue weighted by molar-refractivity contribution is -0.113. The number of carbonyl (C=O) groups is 1. The van der Waals surface area contributed by atoms with Crippen molar-refractivity contribution in [3.63, 3.8) is 0 Å². The number of benzene rings is 2. The van der Waals surface area contributed by atoms with E-state index in [9.17, 15) is 9.59 Å². The second-order valence-corrected chi connectivity index (χ2v) is 8.90. The number of hydrogen-bond donors (Lipinski definition) is 1. The molecular weight excluding hydrogens is 476 g/mol. The fraction of sp³-hybridized carbons (Fsp3) is 0.130. The molecule has 0 unspecified atom stereocenters. The highest BCUT2D eigenvalue weighted by Crippen LogP contribution is 2.23. The number of rotatable bonds is 5. The first-order chi connectivity index (χ1) is 14.9. The normalized spacial score (nSPS) is 10.9. The molecular formula is C23H19BrN4O2S. The number of amides is 1. The van der Waals surface area contributed by atoms with Gasteiger partial charge < -0.3 is 5.32 Å². The molecule has 0 aliphatic heterocycles. The second-order valence-electron chi connectivity index (χ2n) is 7.04. The standard InChI is InChI=1S/C23H19BrN4O2S/c1-14-9-10-25-20(11-14)28-22(30)17-5-3-4-6-19(17)27-23(28)31-13-21(29)26-18-8-7-16(24)12-15(18)2/h3-12H,13H2,1-2H3,(H,26,29). The number of aromatic nitrogens is 3. The first kappa shape index (κ1) is 21.3. The van der Waals surface area contributed by atoms with Crippen LogP contribution in [-0.4, -0.2) is 26.2 Å². The first-order valence-corrected chi connectivity index (χ1v) is 11.3. The van der Waals surface area contributed by atoms with E-state index in [4.69, 9.17) is 0 Å². The van der Waals surface area contributed by atoms with Gasteiger partial charge in [0.15, 0.2) is 5.16 Å². The minimum atomic E-state index is -0.213. The Morgan fingerprint density at radius 2 is 1.94 bits per heavy atom. The highest BCUT2D eigenvalue weighted by molar-refractivity contribution is 9.10. The third-order valence-electron chi connectivity index (χ3n) is 4.67. The van der Waals surface area contributed by atoms with Gasteiger partial charge in [0.05, 0.1) is 16.7 Å². The van der Waals surface area contributed by atoms with E-state index in [0.29, 0.717) is 21.9 Å². The van der Waals surface area contributed by atoms with E-state index in [-0.39, 0.29) is 17.2 Å². The zero-order valence-electron chi connectivity index (χ0n) is 16.9. The molecule has 4 rings (SSSR count). The SMILES string of the molecule is Cc1ccnc(-n2c(SCC(=O)Nc3ccc(Br)cc3C)nc3ccccc3c2=O)c1. The molecule has 0 atom stereocenters. The maximum Gasteiger partial charge on any atom is 0.267 e. The van der Waals surface area contributed by atoms with Crippen LogP contribution < -0.4 is 10.9 Å². The minimum absolute atomic E-state index is 0.103. The monoisotopic (exact) mass is 494 g/mol. The summed E-state index contributed by atoms with van der Waals surface area (Å²) in [5.41, 5.74) is 3.05. The van der Waals surface area contributed by atoms with E-state index in [1.807, 2.05) is 50.2 Å². The first-order valence-electron chi connectivity index (χ1n) is 9.56. The molecule has 2 aromatic carbocycles. The van der Waals surface area contributed by atoms with Crippen LogP contribution in [0.3, 0.4) is 0 Å². The Balaban J connectivity index is 1.67. The number of nitrogens with one attached hydrogen (secondary N) is 1. The molecule has 2 heterocycles. The van der Waals surface area contributed by atoms with Crippen molar-refractivity contribution in [1.29, 1.82) is 0 Å². The summed E-state index contributed by atoms with van der Waals surface area (Å²) in [4.78, 5) is 34.8. The fourth-order valence-corrected chi connectivity index (χ4v) is 4.41. The lowest BCUT2D eigenvalue weighted by Crippen LogP contribution is -2.23. The molecule has 0 spiro atoms. The molecule has 0 saturated heterocycles. The summed E-state index contributed by atoms with van der Waals surface area (Å²) in [7, 11) is 0. The van der Waals surface area contributed by atoms with E-state index < -0.39 is 0 Å². The lowest BCUT2D eigenvalue weighted by Gasteiger charge is -2.13. The highest BCUT2D eigenvalue weighted by Gasteiger charge is 2.16. The van der Waals surface area contributed by atoms with E-state index in [0.717, 1.165) is 21.3 Å². The van der Waals surface area contributed by atoms with Crippen molar-refractivity contribution in [2.45, 2.75) is 19.0 Å². The summed E-state index contributed by atoms with van der Waals surface area (Å²) in [5.74, 6) is 0.406. The molecule has 0 radical (unpaired) electrons. The van der Waals surface area contributed by atoms with Gasteiger partial charge in [0.2, 0.25) is 5.91 Å². The predicted octanol–water partition coefficient (Wildman–Crippen LogP) is 4.89. The van der Waals surface area contributed by atoms with Gasteiger partial charge >= 0.3 is 0 Å². The highest BCUT2D eigenvalue weighted by atomic mass is 79.9. The van der Waals surface area contributed by atoms with Gasteiger partial charge in [-0.15, -0.1) is 0 Å². The van der Waals surface area contributed by atoms with Crippen LogP contribution in [0.2, 0.25) is 0 Å². The van der Waals surface area contributed by atoms with Crippen LogP contribution >= 0.6 is 27.7 Å². The molecule has 156 valence electrons. The smallest absolute Gasteiger partial charge is 0.267 e. The zero-order chi connectivity index (χ0) is 22.0. The van der Waals surface area contributed by atoms with Crippen LogP contribution in [0.4, 0.5) is 5.69 Å². The van der Waals surface area contributed by atoms with Gasteiger partial charge in [0, 0.05) is 16.4 Å². The maximum atomic E-state index is 13.2. The Labute approximate surface area is 191 Å². The Morgan fingerprint density at radius 1 is 1.13 bits per heavy atom. The number of para-hydroxylation sites is 1. The summed E-state index contributed by atoms with van der Waals surface area (Å²) in [6.45, 7) is 3.87. The van der Waals surface area contributed by atoms with Crippen LogP contribution in [0.5, 0.6) is 0 Å². The van der Waals surface area contributed by atoms with Crippen LogP contribution in [0, 0.1) is 13.8 Å². The number of aryl methyl sites for hydroxylation is 2. The Hall–Kier alpha value is -2.97. The van der Waals surface area contributed by atoms with Gasteiger partial charge in [-0.3, -0.25) is 9.59 Å². The maximum absolute atomic E-state index is 13.2. The van der Waals surface area contributed by atoms with Crippen molar-refractivity contribution in [3.8, 4) is 5.82 Å². The lowest BCUT2D eigenvalue weighted by atomic mass is 10.2. The second kappa shape index (κ2) is 9.03. The van der Waals surface area contributed by atoms with Gasteiger partial charge in [0.1, 0.15) is 5.82 Å². The topological polar surface area (TPSA) is 76.9 Å². The number of halogens is 1. The fourth-order valence-electron chi connectivity index (χ4n) is 3.14. The number of carbonyl (C=O) groups excluding carboxylic acids is 1. The van der Waals surface area contributed by atoms with Gasteiger partial charge in [-0.2, -0.15) is 0 Å². The van der Waals surface area contributed by atoms with E-state index in [1.165, 1.54) is 16.3 Å². The van der Waals surface area contributed by atoms with Crippen molar-refractivity contribution >= 4 is 50.2 Å². The molecule has 4 aromatic rings. The van der Waals surface area contributed by atoms with Crippen LogP contribution in [-0.2, 0) is 4.79 Å². The number of nitrogens with zero attached hydrogens (tertiary/aromatic N) is 3. The molecule has 0 bridgehead atoms. The number of hydrogen-bond acceptors (Lipinski definition) is 5. The van der Waals surface area contributed by atoms with Crippen molar-refractivity contribution in [1.82, 2.24) is 14.5 Å². The molecule has 0 fully saturated rings. The third-order valence-corrected chi connectivity index (χ3v) is 6.10. The summed E-state index contributed by atoms with van der Waals surface area (Å²) in [5, 5.41) is 3.84. The quantitative estimate of drug-likeness (QED) is 0.315. The van der Waals surface area contributed by atoms with Crippen LogP contribution in [0.15, 0.2) is 75.2 Å². The third kappa shape index (κ3) is 4.70. The predicted molar refractivity (Wildman–Crippen MR) is 128 cm³/mol. The van der Waals surface area contributed by atoms with Crippen LogP contribution in [0.1, 0.15) is 11.1 Å². The van der Waals surface area contributed by atoms with Crippen molar-refractivity contribution in [2.24, 2.45) is 0 Å². The summed E-state index contributed by atoms with van der Waals surface area (Å²) >= 11 is 4.63. The average molecular weight is 495 g/mol. The van der Waals surface area contributed by atoms with E-state index >= 15 is 0 Å². The Bertz CT molecular complexity index is 1350. The molecule has 0 saturated carbocycles. The van der Waals surface area contributed by atoms with E-state index in [2.05, 4.69) is 31.2 Å². The Kier molecular flexibility index (Phi) is 6.20. The number of pyridine rings is 1. The Morgan fingerprint density at radius 3 is 2.71 bits per heavy atom. The molecule has 1 amide bonds. The molecule has 1 N–H and O–H groups in total.